The molecule has 0 aliphatic carbocycles. The van der Waals surface area contributed by atoms with E-state index in [-0.39, 0.29) is 10.0 Å². The number of hydrogen-bond donors (Lipinski definition) is 1. The fourth-order valence-corrected chi connectivity index (χ4v) is 4.52. The molecule has 7 heteroatoms. The Hall–Kier alpha value is -1.11. The molecule has 0 aromatic carbocycles. The Morgan fingerprint density at radius 1 is 1.26 bits per heavy atom. The minimum Gasteiger partial charge on any atom is -0.276 e. The van der Waals surface area contributed by atoms with Gasteiger partial charge in [-0.1, -0.05) is 11.6 Å². The lowest BCUT2D eigenvalue weighted by molar-refractivity contribution is 0.601. The molecule has 2 aromatic heterocycles. The fraction of sp³-hybridized carbons (Fsp3) is 0.250. The molecule has 0 radical (unpaired) electrons. The van der Waals surface area contributed by atoms with Crippen LogP contribution in [0, 0.1) is 20.8 Å². The predicted octanol–water partition coefficient (Wildman–Crippen LogP) is 3.52. The highest BCUT2D eigenvalue weighted by Crippen LogP contribution is 2.28. The Morgan fingerprint density at radius 2 is 1.95 bits per heavy atom. The number of aromatic nitrogens is 1. The minimum atomic E-state index is -3.63. The van der Waals surface area contributed by atoms with E-state index in [1.165, 1.54) is 11.3 Å². The lowest BCUT2D eigenvalue weighted by Gasteiger charge is -2.09. The maximum absolute atomic E-state index is 12.3. The monoisotopic (exact) mass is 316 g/mol. The minimum absolute atomic E-state index is 0.138. The summed E-state index contributed by atoms with van der Waals surface area (Å²) in [4.78, 5) is 5.91. The van der Waals surface area contributed by atoms with Crippen LogP contribution in [0.1, 0.15) is 15.3 Å². The number of nitrogens with zero attached hydrogens (tertiary/aromatic N) is 1. The van der Waals surface area contributed by atoms with Crippen molar-refractivity contribution < 1.29 is 8.42 Å². The van der Waals surface area contributed by atoms with Crippen LogP contribution in [0.4, 0.5) is 5.69 Å². The quantitative estimate of drug-likeness (QED) is 0.881. The number of thiophene rings is 1. The van der Waals surface area contributed by atoms with E-state index in [2.05, 4.69) is 9.71 Å². The highest BCUT2D eigenvalue weighted by molar-refractivity contribution is 7.93. The Kier molecular flexibility index (Phi) is 3.85. The summed E-state index contributed by atoms with van der Waals surface area (Å²) in [6.45, 7) is 5.47. The lowest BCUT2D eigenvalue weighted by atomic mass is 10.3. The molecule has 0 saturated heterocycles. The molecule has 0 bridgehead atoms. The van der Waals surface area contributed by atoms with E-state index >= 15 is 0 Å². The molecule has 0 atom stereocenters. The number of pyridine rings is 1. The SMILES string of the molecule is Cc1cnc(Cl)c(NS(=O)(=O)c2cc(C)sc2C)c1. The molecule has 4 nitrogen and oxygen atoms in total. The predicted molar refractivity (Wildman–Crippen MR) is 78.6 cm³/mol. The van der Waals surface area contributed by atoms with E-state index in [0.29, 0.717) is 5.69 Å². The summed E-state index contributed by atoms with van der Waals surface area (Å²) in [7, 11) is -3.63. The molecule has 0 aliphatic heterocycles. The summed E-state index contributed by atoms with van der Waals surface area (Å²) in [6.07, 6.45) is 1.58. The first-order valence-electron chi connectivity index (χ1n) is 5.51. The van der Waals surface area contributed by atoms with Crippen molar-refractivity contribution in [3.05, 3.63) is 38.8 Å². The van der Waals surface area contributed by atoms with Crippen molar-refractivity contribution in [2.75, 3.05) is 4.72 Å². The van der Waals surface area contributed by atoms with Gasteiger partial charge >= 0.3 is 0 Å². The number of aryl methyl sites for hydroxylation is 3. The molecular weight excluding hydrogens is 304 g/mol. The van der Waals surface area contributed by atoms with Gasteiger partial charge in [0.15, 0.2) is 5.15 Å². The van der Waals surface area contributed by atoms with Crippen molar-refractivity contribution in [1.82, 2.24) is 4.98 Å². The Labute approximate surface area is 121 Å². The molecule has 2 heterocycles. The topological polar surface area (TPSA) is 59.1 Å². The fourth-order valence-electron chi connectivity index (χ4n) is 1.70. The van der Waals surface area contributed by atoms with E-state index in [0.717, 1.165) is 15.3 Å². The van der Waals surface area contributed by atoms with Crippen molar-refractivity contribution in [1.29, 1.82) is 0 Å². The van der Waals surface area contributed by atoms with Crippen molar-refractivity contribution in [3.8, 4) is 0 Å². The third-order valence-corrected chi connectivity index (χ3v) is 5.39. The van der Waals surface area contributed by atoms with Crippen LogP contribution in [0.25, 0.3) is 0 Å². The van der Waals surface area contributed by atoms with Gasteiger partial charge in [0.1, 0.15) is 4.90 Å². The summed E-state index contributed by atoms with van der Waals surface area (Å²) >= 11 is 7.35. The van der Waals surface area contributed by atoms with E-state index in [4.69, 9.17) is 11.6 Å². The second kappa shape index (κ2) is 5.11. The molecule has 19 heavy (non-hydrogen) atoms. The van der Waals surface area contributed by atoms with Gasteiger partial charge in [0.2, 0.25) is 0 Å². The van der Waals surface area contributed by atoms with E-state index in [1.807, 2.05) is 13.8 Å². The number of sulfonamides is 1. The zero-order valence-corrected chi connectivity index (χ0v) is 13.1. The Morgan fingerprint density at radius 3 is 2.53 bits per heavy atom. The molecule has 2 aromatic rings. The lowest BCUT2D eigenvalue weighted by Crippen LogP contribution is -2.13. The smallest absolute Gasteiger partial charge is 0.263 e. The average Bonchev–Trinajstić information content (AvgIpc) is 2.63. The van der Waals surface area contributed by atoms with Gasteiger partial charge in [0.25, 0.3) is 10.0 Å². The van der Waals surface area contributed by atoms with Crippen LogP contribution >= 0.6 is 22.9 Å². The van der Waals surface area contributed by atoms with E-state index < -0.39 is 10.0 Å². The summed E-state index contributed by atoms with van der Waals surface area (Å²) in [6, 6.07) is 3.31. The van der Waals surface area contributed by atoms with Crippen molar-refractivity contribution in [2.45, 2.75) is 25.7 Å². The molecular formula is C12H13ClN2O2S2. The normalized spacial score (nSPS) is 11.6. The molecule has 102 valence electrons. The number of anilines is 1. The van der Waals surface area contributed by atoms with Crippen LogP contribution in [0.15, 0.2) is 23.2 Å². The first-order chi connectivity index (χ1) is 8.79. The summed E-state index contributed by atoms with van der Waals surface area (Å²) in [5, 5.41) is 0.138. The maximum Gasteiger partial charge on any atom is 0.263 e. The van der Waals surface area contributed by atoms with Gasteiger partial charge in [0.05, 0.1) is 5.69 Å². The molecule has 2 rings (SSSR count). The van der Waals surface area contributed by atoms with Crippen molar-refractivity contribution in [2.24, 2.45) is 0 Å². The molecule has 0 saturated carbocycles. The second-order valence-corrected chi connectivity index (χ2v) is 7.70. The Balaban J connectivity index is 2.42. The standard InChI is InChI=1S/C12H13ClN2O2S2/c1-7-4-10(12(13)14-6-7)15-19(16,17)11-5-8(2)18-9(11)3/h4-6,15H,1-3H3. The molecule has 0 fully saturated rings. The number of hydrogen-bond acceptors (Lipinski definition) is 4. The summed E-state index contributed by atoms with van der Waals surface area (Å²) in [5.74, 6) is 0. The molecule has 0 aliphatic rings. The van der Waals surface area contributed by atoms with Gasteiger partial charge in [-0.3, -0.25) is 4.72 Å². The van der Waals surface area contributed by atoms with E-state index in [9.17, 15) is 8.42 Å². The highest BCUT2D eigenvalue weighted by Gasteiger charge is 2.20. The van der Waals surface area contributed by atoms with Crippen LogP contribution in [0.3, 0.4) is 0 Å². The summed E-state index contributed by atoms with van der Waals surface area (Å²) in [5.41, 5.74) is 1.13. The largest absolute Gasteiger partial charge is 0.276 e. The van der Waals surface area contributed by atoms with Crippen LogP contribution < -0.4 is 4.72 Å². The van der Waals surface area contributed by atoms with Crippen molar-refractivity contribution >= 4 is 38.6 Å². The van der Waals surface area contributed by atoms with Gasteiger partial charge in [-0.25, -0.2) is 13.4 Å². The number of halogens is 1. The van der Waals surface area contributed by atoms with Gasteiger partial charge in [-0.2, -0.15) is 0 Å². The zero-order valence-electron chi connectivity index (χ0n) is 10.7. The van der Waals surface area contributed by atoms with E-state index in [1.54, 1.807) is 25.3 Å². The summed E-state index contributed by atoms with van der Waals surface area (Å²) < 4.78 is 27.1. The van der Waals surface area contributed by atoms with Gasteiger partial charge in [0, 0.05) is 16.0 Å². The van der Waals surface area contributed by atoms with Gasteiger partial charge in [-0.15, -0.1) is 11.3 Å². The first-order valence-corrected chi connectivity index (χ1v) is 8.19. The van der Waals surface area contributed by atoms with Crippen molar-refractivity contribution in [3.63, 3.8) is 0 Å². The van der Waals surface area contributed by atoms with Crippen LogP contribution in [0.2, 0.25) is 5.15 Å². The third kappa shape index (κ3) is 3.08. The highest BCUT2D eigenvalue weighted by atomic mass is 35.5. The van der Waals surface area contributed by atoms with Gasteiger partial charge in [-0.05, 0) is 38.5 Å². The third-order valence-electron chi connectivity index (χ3n) is 2.51. The van der Waals surface area contributed by atoms with Crippen LogP contribution in [-0.4, -0.2) is 13.4 Å². The zero-order chi connectivity index (χ0) is 14.2. The number of nitrogens with one attached hydrogen (secondary N) is 1. The second-order valence-electron chi connectivity index (χ2n) is 4.23. The molecule has 1 N–H and O–H groups in total. The van der Waals surface area contributed by atoms with Gasteiger partial charge < -0.3 is 0 Å². The van der Waals surface area contributed by atoms with Crippen LogP contribution in [0.5, 0.6) is 0 Å². The number of rotatable bonds is 3. The maximum atomic E-state index is 12.3. The molecule has 0 unspecified atom stereocenters. The Bertz CT molecular complexity index is 723. The average molecular weight is 317 g/mol. The first kappa shape index (κ1) is 14.3. The molecule has 0 spiro atoms. The van der Waals surface area contributed by atoms with Crippen LogP contribution in [-0.2, 0) is 10.0 Å². The molecule has 0 amide bonds.